The van der Waals surface area contributed by atoms with Gasteiger partial charge in [0.25, 0.3) is 5.91 Å². The van der Waals surface area contributed by atoms with Crippen LogP contribution in [0.4, 0.5) is 0 Å². The topological polar surface area (TPSA) is 101 Å². The standard InChI is InChI=1S/C10H13N3O3S/c1-2-6-12-17(15,16)9-5-3-4-8(7-9)10(14)13-11/h2-5,7,12H,1,6,11H2,(H,13,14). The molecule has 0 bridgehead atoms. The maximum atomic E-state index is 11.7. The second kappa shape index (κ2) is 5.58. The fourth-order valence-corrected chi connectivity index (χ4v) is 2.18. The van der Waals surface area contributed by atoms with Gasteiger partial charge in [0.2, 0.25) is 10.0 Å². The number of carbonyl (C=O) groups excluding carboxylic acids is 1. The molecule has 1 aromatic carbocycles. The average molecular weight is 255 g/mol. The molecule has 0 aliphatic heterocycles. The van der Waals surface area contributed by atoms with Gasteiger partial charge in [-0.25, -0.2) is 19.0 Å². The number of benzene rings is 1. The van der Waals surface area contributed by atoms with Crippen molar-refractivity contribution in [1.82, 2.24) is 10.1 Å². The summed E-state index contributed by atoms with van der Waals surface area (Å²) < 4.78 is 25.8. The molecule has 7 heteroatoms. The maximum absolute atomic E-state index is 11.7. The Morgan fingerprint density at radius 2 is 2.18 bits per heavy atom. The van der Waals surface area contributed by atoms with Gasteiger partial charge >= 0.3 is 0 Å². The summed E-state index contributed by atoms with van der Waals surface area (Å²) in [6, 6.07) is 5.56. The highest BCUT2D eigenvalue weighted by Crippen LogP contribution is 2.11. The van der Waals surface area contributed by atoms with Crippen LogP contribution in [0, 0.1) is 0 Å². The average Bonchev–Trinajstić information content (AvgIpc) is 2.35. The maximum Gasteiger partial charge on any atom is 0.265 e. The molecule has 0 radical (unpaired) electrons. The van der Waals surface area contributed by atoms with Crippen molar-refractivity contribution < 1.29 is 13.2 Å². The SMILES string of the molecule is C=CCNS(=O)(=O)c1cccc(C(=O)NN)c1. The fraction of sp³-hybridized carbons (Fsp3) is 0.100. The molecule has 1 aromatic rings. The number of carbonyl (C=O) groups is 1. The molecule has 0 spiro atoms. The third kappa shape index (κ3) is 3.38. The van der Waals surface area contributed by atoms with Crippen LogP contribution in [0.1, 0.15) is 10.4 Å². The minimum atomic E-state index is -3.63. The number of sulfonamides is 1. The summed E-state index contributed by atoms with van der Waals surface area (Å²) in [7, 11) is -3.63. The van der Waals surface area contributed by atoms with Crippen LogP contribution in [-0.4, -0.2) is 20.9 Å². The first-order valence-electron chi connectivity index (χ1n) is 4.73. The van der Waals surface area contributed by atoms with E-state index < -0.39 is 15.9 Å². The summed E-state index contributed by atoms with van der Waals surface area (Å²) in [5.74, 6) is 4.42. The van der Waals surface area contributed by atoms with Gasteiger partial charge in [0.15, 0.2) is 0 Å². The van der Waals surface area contributed by atoms with Gasteiger partial charge in [-0.1, -0.05) is 12.1 Å². The van der Waals surface area contributed by atoms with Crippen LogP contribution in [-0.2, 0) is 10.0 Å². The Morgan fingerprint density at radius 1 is 1.47 bits per heavy atom. The van der Waals surface area contributed by atoms with Gasteiger partial charge in [0, 0.05) is 12.1 Å². The third-order valence-corrected chi connectivity index (χ3v) is 3.38. The van der Waals surface area contributed by atoms with E-state index >= 15 is 0 Å². The van der Waals surface area contributed by atoms with Crippen LogP contribution in [0.2, 0.25) is 0 Å². The second-order valence-corrected chi connectivity index (χ2v) is 4.91. The largest absolute Gasteiger partial charge is 0.290 e. The first-order chi connectivity index (χ1) is 8.01. The van der Waals surface area contributed by atoms with Crippen LogP contribution < -0.4 is 16.0 Å². The molecule has 92 valence electrons. The van der Waals surface area contributed by atoms with Crippen molar-refractivity contribution >= 4 is 15.9 Å². The van der Waals surface area contributed by atoms with E-state index in [2.05, 4.69) is 11.3 Å². The highest BCUT2D eigenvalue weighted by Gasteiger charge is 2.14. The van der Waals surface area contributed by atoms with Gasteiger partial charge in [0.05, 0.1) is 4.90 Å². The molecule has 0 aliphatic carbocycles. The zero-order chi connectivity index (χ0) is 12.9. The molecule has 1 rings (SSSR count). The number of hydrogen-bond donors (Lipinski definition) is 3. The van der Waals surface area contributed by atoms with E-state index in [1.54, 1.807) is 0 Å². The third-order valence-electron chi connectivity index (χ3n) is 1.96. The van der Waals surface area contributed by atoms with Gasteiger partial charge in [0.1, 0.15) is 0 Å². The van der Waals surface area contributed by atoms with Crippen molar-refractivity contribution in [3.05, 3.63) is 42.5 Å². The molecule has 0 unspecified atom stereocenters. The molecule has 4 N–H and O–H groups in total. The molecule has 0 aromatic heterocycles. The van der Waals surface area contributed by atoms with Gasteiger partial charge in [-0.05, 0) is 18.2 Å². The molecule has 0 atom stereocenters. The number of amides is 1. The molecule has 17 heavy (non-hydrogen) atoms. The first kappa shape index (κ1) is 13.4. The zero-order valence-corrected chi connectivity index (χ0v) is 9.83. The lowest BCUT2D eigenvalue weighted by molar-refractivity contribution is 0.0953. The molecule has 0 fully saturated rings. The van der Waals surface area contributed by atoms with E-state index in [1.807, 2.05) is 5.43 Å². The van der Waals surface area contributed by atoms with Crippen molar-refractivity contribution in [2.75, 3.05) is 6.54 Å². The highest BCUT2D eigenvalue weighted by molar-refractivity contribution is 7.89. The van der Waals surface area contributed by atoms with E-state index in [1.165, 1.54) is 30.3 Å². The summed E-state index contributed by atoms with van der Waals surface area (Å²) >= 11 is 0. The molecule has 1 amide bonds. The van der Waals surface area contributed by atoms with Crippen molar-refractivity contribution in [3.63, 3.8) is 0 Å². The molecular formula is C10H13N3O3S. The number of hydrazine groups is 1. The number of nitrogens with one attached hydrogen (secondary N) is 2. The Labute approximate surface area is 99.5 Å². The predicted molar refractivity (Wildman–Crippen MR) is 63.5 cm³/mol. The molecular weight excluding hydrogens is 242 g/mol. The number of rotatable bonds is 5. The Morgan fingerprint density at radius 3 is 2.76 bits per heavy atom. The van der Waals surface area contributed by atoms with E-state index in [-0.39, 0.29) is 17.0 Å². The van der Waals surface area contributed by atoms with Gasteiger partial charge < -0.3 is 0 Å². The zero-order valence-electron chi connectivity index (χ0n) is 9.01. The van der Waals surface area contributed by atoms with E-state index in [4.69, 9.17) is 5.84 Å². The smallest absolute Gasteiger partial charge is 0.265 e. The number of nitrogen functional groups attached to an aromatic ring is 1. The minimum Gasteiger partial charge on any atom is -0.290 e. The summed E-state index contributed by atoms with van der Waals surface area (Å²) in [4.78, 5) is 11.2. The minimum absolute atomic E-state index is 0.000417. The molecule has 0 saturated carbocycles. The Kier molecular flexibility index (Phi) is 4.38. The molecule has 0 aliphatic rings. The normalized spacial score (nSPS) is 10.9. The fourth-order valence-electron chi connectivity index (χ4n) is 1.14. The molecule has 0 saturated heterocycles. The molecule has 0 heterocycles. The van der Waals surface area contributed by atoms with Crippen molar-refractivity contribution in [2.24, 2.45) is 5.84 Å². The Bertz CT molecular complexity index is 525. The van der Waals surface area contributed by atoms with E-state index in [0.29, 0.717) is 0 Å². The van der Waals surface area contributed by atoms with Crippen LogP contribution in [0.25, 0.3) is 0 Å². The Balaban J connectivity index is 3.07. The molecule has 6 nitrogen and oxygen atoms in total. The van der Waals surface area contributed by atoms with Crippen LogP contribution in [0.15, 0.2) is 41.8 Å². The van der Waals surface area contributed by atoms with Crippen LogP contribution >= 0.6 is 0 Å². The van der Waals surface area contributed by atoms with Gasteiger partial charge in [-0.15, -0.1) is 6.58 Å². The first-order valence-corrected chi connectivity index (χ1v) is 6.21. The summed E-state index contributed by atoms with van der Waals surface area (Å²) in [6.07, 6.45) is 1.42. The predicted octanol–water partition coefficient (Wildman–Crippen LogP) is -0.246. The lowest BCUT2D eigenvalue weighted by atomic mass is 10.2. The summed E-state index contributed by atoms with van der Waals surface area (Å²) in [5, 5.41) is 0. The van der Waals surface area contributed by atoms with E-state index in [9.17, 15) is 13.2 Å². The van der Waals surface area contributed by atoms with Gasteiger partial charge in [-0.3, -0.25) is 10.2 Å². The second-order valence-electron chi connectivity index (χ2n) is 3.14. The number of nitrogens with two attached hydrogens (primary N) is 1. The monoisotopic (exact) mass is 255 g/mol. The summed E-state index contributed by atoms with van der Waals surface area (Å²) in [5.41, 5.74) is 2.11. The van der Waals surface area contributed by atoms with Crippen LogP contribution in [0.5, 0.6) is 0 Å². The Hall–Kier alpha value is -1.70. The van der Waals surface area contributed by atoms with Gasteiger partial charge in [-0.2, -0.15) is 0 Å². The lowest BCUT2D eigenvalue weighted by Crippen LogP contribution is -2.30. The van der Waals surface area contributed by atoms with E-state index in [0.717, 1.165) is 0 Å². The summed E-state index contributed by atoms with van der Waals surface area (Å²) in [6.45, 7) is 3.53. The quantitative estimate of drug-likeness (QED) is 0.292. The number of hydrogen-bond acceptors (Lipinski definition) is 4. The van der Waals surface area contributed by atoms with Crippen molar-refractivity contribution in [3.8, 4) is 0 Å². The van der Waals surface area contributed by atoms with Crippen molar-refractivity contribution in [1.29, 1.82) is 0 Å². The highest BCUT2D eigenvalue weighted by atomic mass is 32.2. The van der Waals surface area contributed by atoms with Crippen molar-refractivity contribution in [2.45, 2.75) is 4.90 Å². The van der Waals surface area contributed by atoms with Crippen LogP contribution in [0.3, 0.4) is 0 Å². The lowest BCUT2D eigenvalue weighted by Gasteiger charge is -2.06.